The molecule has 0 radical (unpaired) electrons. The smallest absolute Gasteiger partial charge is 0.412 e. The summed E-state index contributed by atoms with van der Waals surface area (Å²) in [6.45, 7) is 5.87. The van der Waals surface area contributed by atoms with Crippen molar-refractivity contribution in [1.29, 1.82) is 0 Å². The first-order valence-electron chi connectivity index (χ1n) is 31.0. The second kappa shape index (κ2) is 32.9. The number of nitrogens with zero attached hydrogens (tertiary/aromatic N) is 4. The number of benzene rings is 2. The molecule has 3 aliphatic heterocycles. The molecule has 3 fully saturated rings. The Morgan fingerprint density at radius 1 is 0.946 bits per heavy atom. The van der Waals surface area contributed by atoms with Crippen LogP contribution in [-0.4, -0.2) is 212 Å². The number of halogens is 1. The van der Waals surface area contributed by atoms with E-state index < -0.39 is 101 Å². The SMILES string of the molecule is COc1cc2cc(c1Cl)CC(=O)C[C@H](OC(=O)[C@H](C)N(C)C(=O)CCOC(=O)N(C)CCN(C)C(=O)OCc1ccc(NC(=O)OC3/C=C/CCCCC3)c(C(=O)NCCN3C(=O)CC(SC)C3=O)c1)[C@]1(C)O[C@H]1[C@H](C)[C@@H]1C[C@@](O)(NC(=O)O1)[C@H](OC)/C=C/C=C(\C)C2. The predicted molar refractivity (Wildman–Crippen MR) is 341 cm³/mol. The molecule has 3 heterocycles. The van der Waals surface area contributed by atoms with Gasteiger partial charge in [-0.05, 0) is 100 Å². The number of carbonyl (C=O) groups excluding carboxylic acids is 10. The molecule has 2 aromatic carbocycles. The Bertz CT molecular complexity index is 3220. The van der Waals surface area contributed by atoms with E-state index in [4.69, 9.17) is 49.5 Å². The summed E-state index contributed by atoms with van der Waals surface area (Å²) in [6.07, 6.45) is 7.00. The number of likely N-dealkylation sites (N-methyl/N-ethyl adjacent to an activating group) is 3. The van der Waals surface area contributed by atoms with Crippen molar-refractivity contribution in [2.24, 2.45) is 5.92 Å². The molecule has 2 unspecified atom stereocenters. The zero-order valence-corrected chi connectivity index (χ0v) is 55.9. The average Bonchev–Trinajstić information content (AvgIpc) is 1.58. The van der Waals surface area contributed by atoms with E-state index in [0.717, 1.165) is 46.6 Å². The molecule has 28 heteroatoms. The van der Waals surface area contributed by atoms with Crippen molar-refractivity contribution < 1.29 is 90.9 Å². The number of ketones is 1. The van der Waals surface area contributed by atoms with Crippen LogP contribution in [0, 0.1) is 5.92 Å². The van der Waals surface area contributed by atoms with Gasteiger partial charge in [0.05, 0.1) is 41.2 Å². The van der Waals surface area contributed by atoms with Crippen LogP contribution in [0.15, 0.2) is 66.3 Å². The number of alkyl carbamates (subject to hydrolysis) is 1. The molecule has 2 aromatic rings. The topological polar surface area (TPSA) is 317 Å². The molecule has 5 aliphatic rings. The van der Waals surface area contributed by atoms with Crippen LogP contribution >= 0.6 is 23.4 Å². The number of fused-ring (bicyclic) bond motifs is 5. The number of amides is 8. The number of nitrogens with one attached hydrogen (secondary N) is 3. The monoisotopic (exact) mass is 1340 g/mol. The third-order valence-corrected chi connectivity index (χ3v) is 18.6. The van der Waals surface area contributed by atoms with Crippen molar-refractivity contribution in [2.75, 3.05) is 79.7 Å². The standard InChI is InChI=1S/C65H86ClN7O19S/c1-38-17-16-20-51(86-9)65(84)36-49(90-61(81)69-65)39(2)56-64(4,92-56)52(34-44(74)33-43-30-42(29-38)32-48(85-8)55(43)66)91-59(79)40(3)72(7)53(75)23-28-87-62(82)70(5)26-27-71(6)63(83)88-37-41-21-22-47(68-60(80)89-45-18-14-12-11-13-15-19-45)46(31-41)57(77)67-24-25-73-54(76)35-50(93-10)58(73)78/h14,16-18,20-22,30-32,39-40,45,49-52,56,84H,11-13,15,19,23-29,33-37H2,1-10H3,(H,67,77)(H,68,80)(H,69,81)/b18-14+,20-16+,38-17+/t39-,40+,45?,49+,50?,51-,52+,56+,64+,65+/m1/s1. The highest BCUT2D eigenvalue weighted by Crippen LogP contribution is 2.49. The van der Waals surface area contributed by atoms with Gasteiger partial charge in [-0.15, -0.1) is 0 Å². The third kappa shape index (κ3) is 19.2. The summed E-state index contributed by atoms with van der Waals surface area (Å²) in [5, 5.41) is 19.5. The Morgan fingerprint density at radius 2 is 1.68 bits per heavy atom. The summed E-state index contributed by atoms with van der Waals surface area (Å²) in [4.78, 5) is 138. The number of allylic oxidation sites excluding steroid dienone is 4. The maximum Gasteiger partial charge on any atom is 0.412 e. The fourth-order valence-electron chi connectivity index (χ4n) is 11.4. The maximum absolute atomic E-state index is 14.2. The minimum Gasteiger partial charge on any atom is -0.495 e. The van der Waals surface area contributed by atoms with Gasteiger partial charge in [-0.2, -0.15) is 11.8 Å². The van der Waals surface area contributed by atoms with E-state index in [2.05, 4.69) is 16.0 Å². The lowest BCUT2D eigenvalue weighted by atomic mass is 9.83. The van der Waals surface area contributed by atoms with Gasteiger partial charge in [0.1, 0.15) is 60.8 Å². The van der Waals surface area contributed by atoms with Crippen LogP contribution in [0.5, 0.6) is 5.75 Å². The number of imide groups is 1. The largest absolute Gasteiger partial charge is 0.495 e. The number of ether oxygens (including phenoxy) is 8. The number of hydrogen-bond donors (Lipinski definition) is 4. The van der Waals surface area contributed by atoms with Crippen molar-refractivity contribution in [3.8, 4) is 5.75 Å². The van der Waals surface area contributed by atoms with Gasteiger partial charge in [0.2, 0.25) is 17.7 Å². The normalized spacial score (nSPS) is 26.3. The van der Waals surface area contributed by atoms with Gasteiger partial charge in [-0.1, -0.05) is 67.0 Å². The molecule has 0 aromatic heterocycles. The van der Waals surface area contributed by atoms with E-state index >= 15 is 0 Å². The molecule has 7 rings (SSSR count). The van der Waals surface area contributed by atoms with E-state index in [9.17, 15) is 53.1 Å². The van der Waals surface area contributed by atoms with Crippen LogP contribution < -0.4 is 20.7 Å². The van der Waals surface area contributed by atoms with Crippen molar-refractivity contribution >= 4 is 88.8 Å². The van der Waals surface area contributed by atoms with Crippen molar-refractivity contribution in [3.63, 3.8) is 0 Å². The molecule has 93 heavy (non-hydrogen) atoms. The number of likely N-dealkylation sites (tertiary alicyclic amines) is 1. The lowest BCUT2D eigenvalue weighted by molar-refractivity contribution is -0.162. The first kappa shape index (κ1) is 72.7. The zero-order valence-electron chi connectivity index (χ0n) is 54.3. The fraction of sp³-hybridized carbons (Fsp3) is 0.569. The van der Waals surface area contributed by atoms with Crippen molar-refractivity contribution in [2.45, 2.75) is 158 Å². The van der Waals surface area contributed by atoms with E-state index in [-0.39, 0.29) is 105 Å². The highest BCUT2D eigenvalue weighted by molar-refractivity contribution is 8.00. The predicted octanol–water partition coefficient (Wildman–Crippen LogP) is 7.05. The lowest BCUT2D eigenvalue weighted by Gasteiger charge is -2.42. The van der Waals surface area contributed by atoms with E-state index in [0.29, 0.717) is 29.7 Å². The molecule has 26 nitrogen and oxygen atoms in total. The van der Waals surface area contributed by atoms with E-state index in [1.807, 2.05) is 25.2 Å². The molecule has 3 saturated heterocycles. The number of rotatable bonds is 20. The summed E-state index contributed by atoms with van der Waals surface area (Å²) in [5.41, 5.74) is -0.599. The number of esters is 1. The van der Waals surface area contributed by atoms with E-state index in [1.165, 1.54) is 76.0 Å². The molecular formula is C65H86ClN7O19S. The van der Waals surface area contributed by atoms with Gasteiger partial charge in [-0.3, -0.25) is 39.5 Å². The second-order valence-corrected chi connectivity index (χ2v) is 25.6. The minimum absolute atomic E-state index is 0.000945. The molecule has 4 bridgehead atoms. The van der Waals surface area contributed by atoms with Crippen LogP contribution in [0.3, 0.4) is 0 Å². The fourth-order valence-corrected chi connectivity index (χ4v) is 12.3. The summed E-state index contributed by atoms with van der Waals surface area (Å²) >= 11 is 8.05. The van der Waals surface area contributed by atoms with Crippen LogP contribution in [0.4, 0.5) is 24.9 Å². The zero-order chi connectivity index (χ0) is 67.9. The molecule has 2 aliphatic carbocycles. The summed E-state index contributed by atoms with van der Waals surface area (Å²) in [7, 11) is 7.10. The summed E-state index contributed by atoms with van der Waals surface area (Å²) in [6, 6.07) is 6.80. The molecular weight excluding hydrogens is 1250 g/mol. The summed E-state index contributed by atoms with van der Waals surface area (Å²) in [5.74, 6) is -3.43. The molecule has 10 atom stereocenters. The number of carbonyl (C=O) groups is 10. The third-order valence-electron chi connectivity index (χ3n) is 17.3. The van der Waals surface area contributed by atoms with Gasteiger partial charge in [-0.25, -0.2) is 24.0 Å². The second-order valence-electron chi connectivity index (χ2n) is 24.2. The Hall–Kier alpha value is -7.72. The van der Waals surface area contributed by atoms with Gasteiger partial charge in [0.15, 0.2) is 5.72 Å². The van der Waals surface area contributed by atoms with Crippen molar-refractivity contribution in [3.05, 3.63) is 93.6 Å². The maximum atomic E-state index is 14.2. The molecule has 8 amide bonds. The van der Waals surface area contributed by atoms with Gasteiger partial charge < -0.3 is 63.0 Å². The van der Waals surface area contributed by atoms with Crippen LogP contribution in [0.25, 0.3) is 0 Å². The van der Waals surface area contributed by atoms with Crippen LogP contribution in [0.2, 0.25) is 5.02 Å². The highest BCUT2D eigenvalue weighted by Gasteiger charge is 2.64. The minimum atomic E-state index is -1.90. The van der Waals surface area contributed by atoms with Gasteiger partial charge >= 0.3 is 30.3 Å². The summed E-state index contributed by atoms with van der Waals surface area (Å²) < 4.78 is 46.0. The molecule has 4 N–H and O–H groups in total. The number of hydrogen-bond acceptors (Lipinski definition) is 20. The number of Topliss-reactive ketones (excluding diaryl/α,β-unsaturated/α-hetero) is 1. The lowest BCUT2D eigenvalue weighted by Crippen LogP contribution is -2.63. The quantitative estimate of drug-likeness (QED) is 0.0339. The van der Waals surface area contributed by atoms with Gasteiger partial charge in [0, 0.05) is 86.0 Å². The number of anilines is 1. The Morgan fingerprint density at radius 3 is 2.38 bits per heavy atom. The first-order valence-corrected chi connectivity index (χ1v) is 32.6. The highest BCUT2D eigenvalue weighted by atomic mass is 35.5. The molecule has 0 spiro atoms. The van der Waals surface area contributed by atoms with Crippen molar-refractivity contribution in [1.82, 2.24) is 30.2 Å². The molecule has 508 valence electrons. The Balaban J connectivity index is 0.919. The Labute approximate surface area is 550 Å². The van der Waals surface area contributed by atoms with Gasteiger partial charge in [0.25, 0.3) is 5.91 Å². The van der Waals surface area contributed by atoms with E-state index in [1.54, 1.807) is 50.5 Å². The number of thioether (sulfide) groups is 1. The number of methoxy groups -OCH3 is 2. The molecule has 0 saturated carbocycles. The van der Waals surface area contributed by atoms with Crippen LogP contribution in [-0.2, 0) is 76.6 Å². The average molecular weight is 1340 g/mol. The first-order chi connectivity index (χ1) is 44.2. The van der Waals surface area contributed by atoms with Crippen LogP contribution in [0.1, 0.15) is 113 Å². The number of aliphatic hydroxyl groups is 1. The number of epoxide rings is 1. The Kier molecular flexibility index (Phi) is 25.7.